The predicted octanol–water partition coefficient (Wildman–Crippen LogP) is 7.02. The topological polar surface area (TPSA) is 90.6 Å². The van der Waals surface area contributed by atoms with Gasteiger partial charge in [0.2, 0.25) is 0 Å². The Labute approximate surface area is 247 Å². The van der Waals surface area contributed by atoms with Gasteiger partial charge >= 0.3 is 0 Å². The van der Waals surface area contributed by atoms with Crippen molar-refractivity contribution in [1.29, 1.82) is 0 Å². The minimum atomic E-state index is -0.280. The lowest BCUT2D eigenvalue weighted by Gasteiger charge is -2.11. The van der Waals surface area contributed by atoms with E-state index in [1.165, 1.54) is 11.8 Å². The first-order chi connectivity index (χ1) is 20.1. The number of hydrogen-bond donors (Lipinski definition) is 1. The smallest absolute Gasteiger partial charge is 0.250 e. The van der Waals surface area contributed by atoms with Crippen molar-refractivity contribution in [2.24, 2.45) is 5.10 Å². The molecule has 0 unspecified atom stereocenters. The lowest BCUT2D eigenvalue weighted by atomic mass is 10.2. The molecule has 1 amide bonds. The fourth-order valence-electron chi connectivity index (χ4n) is 3.86. The zero-order valence-electron chi connectivity index (χ0n) is 22.1. The highest BCUT2D eigenvalue weighted by Crippen LogP contribution is 2.29. The Kier molecular flexibility index (Phi) is 9.30. The van der Waals surface area contributed by atoms with Crippen LogP contribution in [0.25, 0.3) is 17.1 Å². The average Bonchev–Trinajstić information content (AvgIpc) is 3.42. The molecule has 1 heterocycles. The van der Waals surface area contributed by atoms with E-state index in [1.54, 1.807) is 18.3 Å². The maximum Gasteiger partial charge on any atom is 0.250 e. The lowest BCUT2D eigenvalue weighted by Crippen LogP contribution is -2.20. The summed E-state index contributed by atoms with van der Waals surface area (Å²) in [5, 5.41) is 14.1. The summed E-state index contributed by atoms with van der Waals surface area (Å²) >= 11 is 7.35. The molecule has 0 bridgehead atoms. The van der Waals surface area contributed by atoms with Crippen molar-refractivity contribution < 1.29 is 14.3 Å². The normalized spacial score (nSPS) is 11.0. The molecule has 0 radical (unpaired) electrons. The van der Waals surface area contributed by atoms with E-state index >= 15 is 0 Å². The molecule has 0 spiro atoms. The zero-order valence-corrected chi connectivity index (χ0v) is 23.7. The molecule has 1 N–H and O–H groups in total. The van der Waals surface area contributed by atoms with Crippen LogP contribution in [-0.2, 0) is 4.79 Å². The molecule has 0 saturated carbocycles. The van der Waals surface area contributed by atoms with E-state index in [2.05, 4.69) is 20.7 Å². The molecule has 5 rings (SSSR count). The number of rotatable bonds is 11. The van der Waals surface area contributed by atoms with Gasteiger partial charge in [-0.25, -0.2) is 5.43 Å². The van der Waals surface area contributed by atoms with Gasteiger partial charge in [0.1, 0.15) is 17.2 Å². The lowest BCUT2D eigenvalue weighted by molar-refractivity contribution is -0.118. The van der Waals surface area contributed by atoms with Crippen molar-refractivity contribution in [3.63, 3.8) is 0 Å². The Hall–Kier alpha value is -4.60. The third-order valence-corrected chi connectivity index (χ3v) is 6.89. The summed E-state index contributed by atoms with van der Waals surface area (Å²) in [6, 6.07) is 32.0. The second kappa shape index (κ2) is 13.6. The second-order valence-electron chi connectivity index (χ2n) is 8.64. The third-order valence-electron chi connectivity index (χ3n) is 5.71. The number of benzene rings is 4. The molecule has 0 atom stereocenters. The molecule has 1 aromatic heterocycles. The number of thioether (sulfide) groups is 1. The molecule has 0 aliphatic carbocycles. The first-order valence-corrected chi connectivity index (χ1v) is 14.2. The number of nitrogens with zero attached hydrogens (tertiary/aromatic N) is 4. The molecule has 10 heteroatoms. The molecule has 0 fully saturated rings. The van der Waals surface area contributed by atoms with Crippen molar-refractivity contribution in [3.05, 3.63) is 114 Å². The van der Waals surface area contributed by atoms with Gasteiger partial charge in [0.15, 0.2) is 11.0 Å². The predicted molar refractivity (Wildman–Crippen MR) is 162 cm³/mol. The van der Waals surface area contributed by atoms with Crippen LogP contribution in [0.2, 0.25) is 5.02 Å². The molecule has 4 aromatic carbocycles. The van der Waals surface area contributed by atoms with Crippen LogP contribution >= 0.6 is 23.4 Å². The number of ether oxygens (including phenoxy) is 2. The van der Waals surface area contributed by atoms with Crippen LogP contribution in [0.1, 0.15) is 12.5 Å². The fourth-order valence-corrected chi connectivity index (χ4v) is 4.73. The third kappa shape index (κ3) is 7.53. The second-order valence-corrected chi connectivity index (χ2v) is 10.0. The van der Waals surface area contributed by atoms with Crippen LogP contribution in [-0.4, -0.2) is 39.2 Å². The first-order valence-electron chi connectivity index (χ1n) is 12.8. The van der Waals surface area contributed by atoms with Crippen LogP contribution < -0.4 is 14.9 Å². The molecule has 0 saturated heterocycles. The van der Waals surface area contributed by atoms with Gasteiger partial charge in [-0.2, -0.15) is 5.10 Å². The van der Waals surface area contributed by atoms with Gasteiger partial charge in [-0.15, -0.1) is 10.2 Å². The quantitative estimate of drug-likeness (QED) is 0.102. The van der Waals surface area contributed by atoms with Crippen LogP contribution in [0.5, 0.6) is 17.2 Å². The van der Waals surface area contributed by atoms with Crippen LogP contribution in [0, 0.1) is 0 Å². The number of amides is 1. The molecule has 0 aliphatic heterocycles. The highest BCUT2D eigenvalue weighted by atomic mass is 35.5. The van der Waals surface area contributed by atoms with Crippen molar-refractivity contribution >= 4 is 35.5 Å². The zero-order chi connectivity index (χ0) is 28.4. The van der Waals surface area contributed by atoms with E-state index in [4.69, 9.17) is 21.1 Å². The summed E-state index contributed by atoms with van der Waals surface area (Å²) in [6.07, 6.45) is 1.57. The van der Waals surface area contributed by atoms with Crippen molar-refractivity contribution in [2.45, 2.75) is 12.1 Å². The van der Waals surface area contributed by atoms with Gasteiger partial charge in [-0.1, -0.05) is 53.7 Å². The number of hydrogen-bond acceptors (Lipinski definition) is 7. The molecule has 206 valence electrons. The number of nitrogens with one attached hydrogen (secondary N) is 1. The maximum atomic E-state index is 12.6. The number of halogens is 1. The molecular weight excluding hydrogens is 558 g/mol. The largest absolute Gasteiger partial charge is 0.494 e. The van der Waals surface area contributed by atoms with Crippen molar-refractivity contribution in [2.75, 3.05) is 12.4 Å². The number of aromatic nitrogens is 3. The molecular formula is C31H26ClN5O3S. The molecule has 8 nitrogen and oxygen atoms in total. The van der Waals surface area contributed by atoms with Gasteiger partial charge in [0.25, 0.3) is 5.91 Å². The highest BCUT2D eigenvalue weighted by Gasteiger charge is 2.17. The van der Waals surface area contributed by atoms with Gasteiger partial charge in [-0.3, -0.25) is 9.36 Å². The Morgan fingerprint density at radius 1 is 0.927 bits per heavy atom. The van der Waals surface area contributed by atoms with Crippen LogP contribution in [0.4, 0.5) is 0 Å². The summed E-state index contributed by atoms with van der Waals surface area (Å²) in [5.41, 5.74) is 5.04. The fraction of sp³-hybridized carbons (Fsp3) is 0.0968. The van der Waals surface area contributed by atoms with Gasteiger partial charge in [0.05, 0.1) is 18.6 Å². The van der Waals surface area contributed by atoms with Gasteiger partial charge in [0, 0.05) is 16.3 Å². The summed E-state index contributed by atoms with van der Waals surface area (Å²) in [6.45, 7) is 2.52. The molecule has 41 heavy (non-hydrogen) atoms. The number of para-hydroxylation sites is 1. The van der Waals surface area contributed by atoms with Crippen LogP contribution in [0.15, 0.2) is 113 Å². The SMILES string of the molecule is CCOc1ccc(-n2c(SCC(=O)N/N=C/c3cccc(Oc4ccccc4)c3)nnc2-c2ccc(Cl)cc2)cc1. The number of hydrazone groups is 1. The number of carbonyl (C=O) groups is 1. The van der Waals surface area contributed by atoms with Crippen molar-refractivity contribution in [1.82, 2.24) is 20.2 Å². The van der Waals surface area contributed by atoms with E-state index in [0.717, 1.165) is 28.3 Å². The van der Waals surface area contributed by atoms with E-state index in [1.807, 2.05) is 102 Å². The highest BCUT2D eigenvalue weighted by molar-refractivity contribution is 7.99. The first kappa shape index (κ1) is 27.9. The van der Waals surface area contributed by atoms with Crippen molar-refractivity contribution in [3.8, 4) is 34.3 Å². The Morgan fingerprint density at radius 2 is 1.68 bits per heavy atom. The maximum absolute atomic E-state index is 12.6. The molecule has 0 aliphatic rings. The summed E-state index contributed by atoms with van der Waals surface area (Å²) in [4.78, 5) is 12.6. The standard InChI is InChI=1S/C31H26ClN5O3S/c1-2-39-26-17-15-25(16-18-26)37-30(23-11-13-24(32)14-12-23)35-36-31(37)41-21-29(38)34-33-20-22-7-6-10-28(19-22)40-27-8-4-3-5-9-27/h3-20H,2,21H2,1H3,(H,34,38)/b33-20+. The van der Waals surface area contributed by atoms with E-state index < -0.39 is 0 Å². The monoisotopic (exact) mass is 583 g/mol. The summed E-state index contributed by atoms with van der Waals surface area (Å²) in [5.74, 6) is 2.61. The Balaban J connectivity index is 1.26. The Bertz CT molecular complexity index is 1620. The van der Waals surface area contributed by atoms with E-state index in [-0.39, 0.29) is 11.7 Å². The van der Waals surface area contributed by atoms with Gasteiger partial charge in [-0.05, 0) is 85.3 Å². The van der Waals surface area contributed by atoms with Gasteiger partial charge < -0.3 is 9.47 Å². The molecule has 5 aromatic rings. The summed E-state index contributed by atoms with van der Waals surface area (Å²) in [7, 11) is 0. The van der Waals surface area contributed by atoms with E-state index in [0.29, 0.717) is 28.4 Å². The number of carbonyl (C=O) groups excluding carboxylic acids is 1. The Morgan fingerprint density at radius 3 is 2.44 bits per heavy atom. The average molecular weight is 584 g/mol. The minimum absolute atomic E-state index is 0.0876. The van der Waals surface area contributed by atoms with E-state index in [9.17, 15) is 4.79 Å². The minimum Gasteiger partial charge on any atom is -0.494 e. The van der Waals surface area contributed by atoms with Crippen LogP contribution in [0.3, 0.4) is 0 Å². The summed E-state index contributed by atoms with van der Waals surface area (Å²) < 4.78 is 13.3.